The lowest BCUT2D eigenvalue weighted by Crippen LogP contribution is -2.41. The van der Waals surface area contributed by atoms with Gasteiger partial charge in [-0.1, -0.05) is 6.92 Å². The van der Waals surface area contributed by atoms with Gasteiger partial charge in [0.2, 0.25) is 5.91 Å². The van der Waals surface area contributed by atoms with Crippen LogP contribution in [0.1, 0.15) is 31.2 Å². The molecule has 2 N–H and O–H groups in total. The molecule has 1 aromatic rings. The highest BCUT2D eigenvalue weighted by molar-refractivity contribution is 5.90. The van der Waals surface area contributed by atoms with Crippen molar-refractivity contribution < 1.29 is 4.79 Å². The van der Waals surface area contributed by atoms with Gasteiger partial charge in [-0.2, -0.15) is 0 Å². The lowest BCUT2D eigenvalue weighted by Gasteiger charge is -2.26. The number of rotatable bonds is 3. The summed E-state index contributed by atoms with van der Waals surface area (Å²) >= 11 is 0. The molecule has 1 saturated heterocycles. The van der Waals surface area contributed by atoms with Crippen LogP contribution in [0.2, 0.25) is 0 Å². The summed E-state index contributed by atoms with van der Waals surface area (Å²) in [5.41, 5.74) is 4.92. The highest BCUT2D eigenvalue weighted by Gasteiger charge is 2.39. The van der Waals surface area contributed by atoms with Crippen LogP contribution >= 0.6 is 0 Å². The molecule has 0 spiro atoms. The first-order chi connectivity index (χ1) is 8.09. The van der Waals surface area contributed by atoms with Crippen molar-refractivity contribution in [3.63, 3.8) is 0 Å². The summed E-state index contributed by atoms with van der Waals surface area (Å²) in [7, 11) is 0. The number of nitrogens with one attached hydrogen (secondary N) is 2. The zero-order chi connectivity index (χ0) is 12.5. The molecule has 0 radical (unpaired) electrons. The second-order valence-corrected chi connectivity index (χ2v) is 4.95. The van der Waals surface area contributed by atoms with Crippen LogP contribution in [0.5, 0.6) is 0 Å². The maximum Gasteiger partial charge on any atom is 0.246 e. The summed E-state index contributed by atoms with van der Waals surface area (Å²) in [4.78, 5) is 12.4. The normalized spacial score (nSPS) is 23.9. The second kappa shape index (κ2) is 4.53. The minimum atomic E-state index is -0.233. The number of aromatic nitrogens is 1. The standard InChI is InChI=1S/C13H21N3O/c1-4-13(7-8-14-9-13)12(17)15-16-10(2)5-6-11(16)3/h5-6,14H,4,7-9H2,1-3H3,(H,15,17). The molecular weight excluding hydrogens is 214 g/mol. The molecule has 2 rings (SSSR count). The minimum Gasteiger partial charge on any atom is -0.316 e. The van der Waals surface area contributed by atoms with E-state index >= 15 is 0 Å². The highest BCUT2D eigenvalue weighted by atomic mass is 16.2. The van der Waals surface area contributed by atoms with Crippen LogP contribution in [0.15, 0.2) is 12.1 Å². The summed E-state index contributed by atoms with van der Waals surface area (Å²) in [5, 5.41) is 3.28. The molecule has 1 aliphatic heterocycles. The number of nitrogens with zero attached hydrogens (tertiary/aromatic N) is 1. The van der Waals surface area contributed by atoms with Gasteiger partial charge in [0.15, 0.2) is 0 Å². The summed E-state index contributed by atoms with van der Waals surface area (Å²) < 4.78 is 1.87. The van der Waals surface area contributed by atoms with Crippen molar-refractivity contribution in [2.75, 3.05) is 18.5 Å². The Morgan fingerprint density at radius 2 is 2.12 bits per heavy atom. The van der Waals surface area contributed by atoms with E-state index < -0.39 is 0 Å². The molecule has 4 heteroatoms. The van der Waals surface area contributed by atoms with E-state index in [-0.39, 0.29) is 11.3 Å². The van der Waals surface area contributed by atoms with Crippen molar-refractivity contribution in [2.24, 2.45) is 5.41 Å². The monoisotopic (exact) mass is 235 g/mol. The largest absolute Gasteiger partial charge is 0.316 e. The van der Waals surface area contributed by atoms with Crippen molar-refractivity contribution in [3.05, 3.63) is 23.5 Å². The predicted octanol–water partition coefficient (Wildman–Crippen LogP) is 1.56. The van der Waals surface area contributed by atoms with Gasteiger partial charge in [-0.05, 0) is 45.4 Å². The van der Waals surface area contributed by atoms with Crippen LogP contribution in [0.4, 0.5) is 0 Å². The summed E-state index contributed by atoms with van der Waals surface area (Å²) in [5.74, 6) is 0.132. The second-order valence-electron chi connectivity index (χ2n) is 4.95. The van der Waals surface area contributed by atoms with Crippen LogP contribution in [-0.4, -0.2) is 23.7 Å². The molecule has 17 heavy (non-hydrogen) atoms. The molecule has 1 aromatic heterocycles. The van der Waals surface area contributed by atoms with Gasteiger partial charge < -0.3 is 5.32 Å². The van der Waals surface area contributed by atoms with E-state index in [2.05, 4.69) is 17.7 Å². The topological polar surface area (TPSA) is 46.1 Å². The number of hydrogen-bond donors (Lipinski definition) is 2. The molecule has 94 valence electrons. The molecule has 4 nitrogen and oxygen atoms in total. The molecule has 0 bridgehead atoms. The van der Waals surface area contributed by atoms with Crippen LogP contribution < -0.4 is 10.7 Å². The highest BCUT2D eigenvalue weighted by Crippen LogP contribution is 2.30. The average molecular weight is 235 g/mol. The molecule has 0 aromatic carbocycles. The van der Waals surface area contributed by atoms with Crippen molar-refractivity contribution >= 4 is 5.91 Å². The van der Waals surface area contributed by atoms with Crippen LogP contribution in [-0.2, 0) is 4.79 Å². The van der Waals surface area contributed by atoms with Gasteiger partial charge in [-0.3, -0.25) is 14.9 Å². The summed E-state index contributed by atoms with van der Waals surface area (Å²) in [6.45, 7) is 7.80. The minimum absolute atomic E-state index is 0.132. The predicted molar refractivity (Wildman–Crippen MR) is 68.5 cm³/mol. The first-order valence-electron chi connectivity index (χ1n) is 6.26. The van der Waals surface area contributed by atoms with Gasteiger partial charge in [0.25, 0.3) is 0 Å². The van der Waals surface area contributed by atoms with Crippen LogP contribution in [0.25, 0.3) is 0 Å². The molecule has 1 amide bonds. The van der Waals surface area contributed by atoms with Gasteiger partial charge in [-0.15, -0.1) is 0 Å². The van der Waals surface area contributed by atoms with Gasteiger partial charge in [0, 0.05) is 17.9 Å². The summed E-state index contributed by atoms with van der Waals surface area (Å²) in [6, 6.07) is 4.03. The Bertz CT molecular complexity index is 397. The van der Waals surface area contributed by atoms with E-state index in [9.17, 15) is 4.79 Å². The maximum absolute atomic E-state index is 12.4. The van der Waals surface area contributed by atoms with E-state index in [1.807, 2.05) is 30.7 Å². The summed E-state index contributed by atoms with van der Waals surface area (Å²) in [6.07, 6.45) is 1.81. The van der Waals surface area contributed by atoms with E-state index in [0.717, 1.165) is 37.3 Å². The number of carbonyl (C=O) groups is 1. The van der Waals surface area contributed by atoms with Gasteiger partial charge in [-0.25, -0.2) is 0 Å². The lowest BCUT2D eigenvalue weighted by atomic mass is 9.83. The molecule has 1 aliphatic rings. The molecule has 1 fully saturated rings. The molecule has 1 atom stereocenters. The first kappa shape index (κ1) is 12.2. The third-order valence-electron chi connectivity index (χ3n) is 3.89. The smallest absolute Gasteiger partial charge is 0.246 e. The zero-order valence-corrected chi connectivity index (χ0v) is 10.8. The van der Waals surface area contributed by atoms with E-state index in [0.29, 0.717) is 0 Å². The Hall–Kier alpha value is -1.29. The molecular formula is C13H21N3O. The first-order valence-corrected chi connectivity index (χ1v) is 6.26. The Balaban J connectivity index is 2.16. The zero-order valence-electron chi connectivity index (χ0n) is 10.8. The number of carbonyl (C=O) groups excluding carboxylic acids is 1. The molecule has 0 saturated carbocycles. The Morgan fingerprint density at radius 1 is 1.47 bits per heavy atom. The third-order valence-corrected chi connectivity index (χ3v) is 3.89. The molecule has 0 aliphatic carbocycles. The Kier molecular flexibility index (Phi) is 3.24. The van der Waals surface area contributed by atoms with E-state index in [1.54, 1.807) is 0 Å². The molecule has 1 unspecified atom stereocenters. The fourth-order valence-corrected chi connectivity index (χ4v) is 2.46. The maximum atomic E-state index is 12.4. The van der Waals surface area contributed by atoms with Crippen LogP contribution in [0.3, 0.4) is 0 Å². The fourth-order valence-electron chi connectivity index (χ4n) is 2.46. The number of hydrogen-bond acceptors (Lipinski definition) is 2. The SMILES string of the molecule is CCC1(C(=O)Nn2c(C)ccc2C)CCNC1. The quantitative estimate of drug-likeness (QED) is 0.835. The number of amides is 1. The Morgan fingerprint density at radius 3 is 2.59 bits per heavy atom. The van der Waals surface area contributed by atoms with Gasteiger partial charge >= 0.3 is 0 Å². The lowest BCUT2D eigenvalue weighted by molar-refractivity contribution is -0.125. The van der Waals surface area contributed by atoms with Crippen molar-refractivity contribution in [1.82, 2.24) is 9.99 Å². The van der Waals surface area contributed by atoms with Gasteiger partial charge in [0.05, 0.1) is 5.41 Å². The van der Waals surface area contributed by atoms with Crippen LogP contribution in [0, 0.1) is 19.3 Å². The molecule has 2 heterocycles. The van der Waals surface area contributed by atoms with Crippen molar-refractivity contribution in [2.45, 2.75) is 33.6 Å². The van der Waals surface area contributed by atoms with E-state index in [1.165, 1.54) is 0 Å². The average Bonchev–Trinajstić information content (AvgIpc) is 2.91. The fraction of sp³-hybridized carbons (Fsp3) is 0.615. The Labute approximate surface area is 102 Å². The van der Waals surface area contributed by atoms with E-state index in [4.69, 9.17) is 0 Å². The van der Waals surface area contributed by atoms with Crippen molar-refractivity contribution in [1.29, 1.82) is 0 Å². The van der Waals surface area contributed by atoms with Gasteiger partial charge in [0.1, 0.15) is 0 Å². The van der Waals surface area contributed by atoms with Crippen molar-refractivity contribution in [3.8, 4) is 0 Å². The number of aryl methyl sites for hydroxylation is 2. The third kappa shape index (κ3) is 2.09.